The summed E-state index contributed by atoms with van der Waals surface area (Å²) in [4.78, 5) is 6.19. The minimum Gasteiger partial charge on any atom is -0.396 e. The van der Waals surface area contributed by atoms with Gasteiger partial charge in [-0.15, -0.1) is 0 Å². The third kappa shape index (κ3) is 2.29. The van der Waals surface area contributed by atoms with E-state index in [1.807, 2.05) is 19.0 Å². The molecule has 2 aliphatic heterocycles. The summed E-state index contributed by atoms with van der Waals surface area (Å²) in [5, 5.41) is 20.0. The van der Waals surface area contributed by atoms with Gasteiger partial charge in [-0.3, -0.25) is 4.99 Å². The molecular weight excluding hydrogens is 247 g/mol. The number of aliphatic imine (C=N–C) groups is 1. The van der Waals surface area contributed by atoms with Gasteiger partial charge in [0.25, 0.3) is 0 Å². The molecule has 0 spiro atoms. The number of amidine groups is 1. The van der Waals surface area contributed by atoms with Crippen LogP contribution < -0.4 is 0 Å². The highest BCUT2D eigenvalue weighted by atomic mass is 32.2. The molecule has 2 N–H and O–H groups in total. The van der Waals surface area contributed by atoms with Crippen molar-refractivity contribution in [2.45, 2.75) is 23.7 Å². The lowest BCUT2D eigenvalue weighted by Gasteiger charge is -2.38. The molecule has 0 saturated carbocycles. The number of hydrogen-bond acceptors (Lipinski definition) is 6. The van der Waals surface area contributed by atoms with Crippen molar-refractivity contribution in [1.29, 1.82) is 0 Å². The molecule has 0 amide bonds. The van der Waals surface area contributed by atoms with E-state index in [0.29, 0.717) is 0 Å². The molecule has 1 saturated heterocycles. The van der Waals surface area contributed by atoms with E-state index in [9.17, 15) is 14.6 Å². The molecule has 0 aromatic heterocycles. The number of aliphatic hydroxyl groups excluding tert-OH is 2. The summed E-state index contributed by atoms with van der Waals surface area (Å²) in [5.41, 5.74) is -0.356. The Hall–Kier alpha value is -0.370. The molecular formula is C10H17FN2O3S. The highest BCUT2D eigenvalue weighted by Gasteiger charge is 2.48. The maximum Gasteiger partial charge on any atom is 0.161 e. The smallest absolute Gasteiger partial charge is 0.161 e. The summed E-state index contributed by atoms with van der Waals surface area (Å²) in [7, 11) is 3.71. The van der Waals surface area contributed by atoms with E-state index in [0.717, 1.165) is 5.17 Å². The Labute approximate surface area is 104 Å². The van der Waals surface area contributed by atoms with Crippen molar-refractivity contribution >= 4 is 16.9 Å². The quantitative estimate of drug-likeness (QED) is 0.716. The van der Waals surface area contributed by atoms with Crippen LogP contribution in [0.1, 0.15) is 0 Å². The minimum absolute atomic E-state index is 0.295. The topological polar surface area (TPSA) is 65.3 Å². The Morgan fingerprint density at radius 3 is 2.76 bits per heavy atom. The molecule has 98 valence electrons. The number of fused-ring (bicyclic) bond motifs is 1. The Morgan fingerprint density at radius 2 is 2.24 bits per heavy atom. The van der Waals surface area contributed by atoms with Gasteiger partial charge in [-0.1, -0.05) is 11.8 Å². The predicted molar refractivity (Wildman–Crippen MR) is 63.7 cm³/mol. The summed E-state index contributed by atoms with van der Waals surface area (Å²) in [6, 6.07) is -0.419. The first kappa shape index (κ1) is 13.1. The molecule has 2 rings (SSSR count). The van der Waals surface area contributed by atoms with Crippen molar-refractivity contribution in [1.82, 2.24) is 4.90 Å². The molecule has 1 fully saturated rings. The minimum atomic E-state index is -0.857. The van der Waals surface area contributed by atoms with Crippen LogP contribution in [0, 0.1) is 5.92 Å². The number of ether oxygens (including phenoxy) is 1. The second-order valence-electron chi connectivity index (χ2n) is 4.45. The highest BCUT2D eigenvalue weighted by Crippen LogP contribution is 2.39. The molecule has 7 heteroatoms. The number of alkyl halides is 1. The molecule has 5 unspecified atom stereocenters. The van der Waals surface area contributed by atoms with Gasteiger partial charge in [0, 0.05) is 20.0 Å². The zero-order chi connectivity index (χ0) is 12.6. The van der Waals surface area contributed by atoms with Gasteiger partial charge in [0.05, 0.1) is 18.8 Å². The highest BCUT2D eigenvalue weighted by molar-refractivity contribution is 8.14. The van der Waals surface area contributed by atoms with Crippen LogP contribution in [0.3, 0.4) is 0 Å². The molecule has 5 atom stereocenters. The first-order valence-corrected chi connectivity index (χ1v) is 6.38. The maximum atomic E-state index is 12.8. The summed E-state index contributed by atoms with van der Waals surface area (Å²) in [6.45, 7) is -1.00. The average molecular weight is 264 g/mol. The number of halogens is 1. The van der Waals surface area contributed by atoms with E-state index in [1.54, 1.807) is 0 Å². The molecule has 17 heavy (non-hydrogen) atoms. The van der Waals surface area contributed by atoms with E-state index in [2.05, 4.69) is 4.99 Å². The number of rotatable bonds is 2. The van der Waals surface area contributed by atoms with Crippen molar-refractivity contribution in [2.24, 2.45) is 10.9 Å². The van der Waals surface area contributed by atoms with Crippen molar-refractivity contribution < 1.29 is 19.3 Å². The molecule has 2 heterocycles. The van der Waals surface area contributed by atoms with Crippen molar-refractivity contribution in [3.8, 4) is 0 Å². The fourth-order valence-electron chi connectivity index (χ4n) is 2.08. The van der Waals surface area contributed by atoms with Gasteiger partial charge in [0.2, 0.25) is 0 Å². The Morgan fingerprint density at radius 1 is 1.53 bits per heavy atom. The van der Waals surface area contributed by atoms with Crippen LogP contribution in [-0.4, -0.2) is 71.3 Å². The van der Waals surface area contributed by atoms with Crippen molar-refractivity contribution in [2.75, 3.05) is 27.4 Å². The fraction of sp³-hybridized carbons (Fsp3) is 0.900. The lowest BCUT2D eigenvalue weighted by molar-refractivity contribution is -0.133. The van der Waals surface area contributed by atoms with Crippen LogP contribution >= 0.6 is 11.8 Å². The molecule has 0 bridgehead atoms. The summed E-state index contributed by atoms with van der Waals surface area (Å²) >= 11 is 1.38. The third-order valence-corrected chi connectivity index (χ3v) is 4.38. The second-order valence-corrected chi connectivity index (χ2v) is 5.51. The Kier molecular flexibility index (Phi) is 3.92. The lowest BCUT2D eigenvalue weighted by Crippen LogP contribution is -2.53. The number of hydrogen-bond donors (Lipinski definition) is 2. The SMILES string of the molecule is CN(C)C1=NC2C(OC(CF)C(CO)C2O)S1. The van der Waals surface area contributed by atoms with Gasteiger partial charge in [0.15, 0.2) is 5.17 Å². The summed E-state index contributed by atoms with van der Waals surface area (Å²) < 4.78 is 18.3. The van der Waals surface area contributed by atoms with E-state index in [1.165, 1.54) is 11.8 Å². The van der Waals surface area contributed by atoms with Crippen LogP contribution in [-0.2, 0) is 4.74 Å². The standard InChI is InChI=1S/C10H17FN2O3S/c1-13(2)10-12-7-8(15)5(4-14)6(3-11)16-9(7)17-10/h5-9,14-15H,3-4H2,1-2H3. The molecule has 5 nitrogen and oxygen atoms in total. The van der Waals surface area contributed by atoms with Crippen LogP contribution in [0.15, 0.2) is 4.99 Å². The summed E-state index contributed by atoms with van der Waals surface area (Å²) in [5.74, 6) is -0.605. The van der Waals surface area contributed by atoms with Crippen LogP contribution in [0.25, 0.3) is 0 Å². The average Bonchev–Trinajstić information content (AvgIpc) is 2.73. The molecule has 0 aromatic carbocycles. The van der Waals surface area contributed by atoms with Gasteiger partial charge in [-0.25, -0.2) is 4.39 Å². The maximum absolute atomic E-state index is 12.8. The second kappa shape index (κ2) is 5.09. The van der Waals surface area contributed by atoms with E-state index < -0.39 is 30.8 Å². The van der Waals surface area contributed by atoms with E-state index in [-0.39, 0.29) is 12.0 Å². The number of aliphatic hydroxyl groups is 2. The van der Waals surface area contributed by atoms with Gasteiger partial charge in [0.1, 0.15) is 18.2 Å². The number of nitrogens with zero attached hydrogens (tertiary/aromatic N) is 2. The zero-order valence-electron chi connectivity index (χ0n) is 9.78. The van der Waals surface area contributed by atoms with Gasteiger partial charge in [-0.2, -0.15) is 0 Å². The van der Waals surface area contributed by atoms with Gasteiger partial charge >= 0.3 is 0 Å². The largest absolute Gasteiger partial charge is 0.396 e. The fourth-order valence-corrected chi connectivity index (χ4v) is 3.24. The first-order chi connectivity index (χ1) is 8.08. The summed E-state index contributed by atoms with van der Waals surface area (Å²) in [6.07, 6.45) is -1.61. The Balaban J connectivity index is 2.16. The monoisotopic (exact) mass is 264 g/mol. The van der Waals surface area contributed by atoms with Gasteiger partial charge in [-0.05, 0) is 0 Å². The van der Waals surface area contributed by atoms with E-state index >= 15 is 0 Å². The third-order valence-electron chi connectivity index (χ3n) is 3.08. The molecule has 2 aliphatic rings. The zero-order valence-corrected chi connectivity index (χ0v) is 10.6. The number of thioether (sulfide) groups is 1. The van der Waals surface area contributed by atoms with Crippen molar-refractivity contribution in [3.63, 3.8) is 0 Å². The lowest BCUT2D eigenvalue weighted by atomic mass is 9.90. The van der Waals surface area contributed by atoms with Crippen LogP contribution in [0.5, 0.6) is 0 Å². The Bertz CT molecular complexity index is 316. The van der Waals surface area contributed by atoms with Crippen molar-refractivity contribution in [3.05, 3.63) is 0 Å². The predicted octanol–water partition coefficient (Wildman–Crippen LogP) is -0.317. The van der Waals surface area contributed by atoms with Gasteiger partial charge < -0.3 is 19.8 Å². The first-order valence-electron chi connectivity index (χ1n) is 5.50. The van der Waals surface area contributed by atoms with E-state index in [4.69, 9.17) is 4.74 Å². The molecule has 0 aromatic rings. The molecule has 0 aliphatic carbocycles. The normalized spacial score (nSPS) is 41.0. The van der Waals surface area contributed by atoms with Crippen LogP contribution in [0.4, 0.5) is 4.39 Å². The molecule has 0 radical (unpaired) electrons. The van der Waals surface area contributed by atoms with Crippen LogP contribution in [0.2, 0.25) is 0 Å².